The summed E-state index contributed by atoms with van der Waals surface area (Å²) in [5, 5.41) is 7.18. The maximum absolute atomic E-state index is 12.8. The molecule has 27 heavy (non-hydrogen) atoms. The second-order valence-electron chi connectivity index (χ2n) is 7.57. The van der Waals surface area contributed by atoms with Gasteiger partial charge in [-0.15, -0.1) is 0 Å². The first-order valence-electron chi connectivity index (χ1n) is 9.39. The lowest BCUT2D eigenvalue weighted by Gasteiger charge is -2.26. The fraction of sp³-hybridized carbons (Fsp3) is 0.550. The van der Waals surface area contributed by atoms with E-state index in [9.17, 15) is 4.79 Å². The van der Waals surface area contributed by atoms with Gasteiger partial charge in [-0.1, -0.05) is 27.7 Å². The monoisotopic (exact) mass is 390 g/mol. The fourth-order valence-corrected chi connectivity index (χ4v) is 3.23. The number of hydrogen-bond acceptors (Lipinski definition) is 4. The number of H-pyrrole nitrogens is 1. The number of aromatic amines is 1. The van der Waals surface area contributed by atoms with Crippen LogP contribution in [0.15, 0.2) is 24.3 Å². The highest BCUT2D eigenvalue weighted by atomic mass is 32.1. The van der Waals surface area contributed by atoms with Gasteiger partial charge in [0, 0.05) is 31.6 Å². The summed E-state index contributed by atoms with van der Waals surface area (Å²) in [6, 6.07) is 7.64. The lowest BCUT2D eigenvalue weighted by Crippen LogP contribution is -2.37. The largest absolute Gasteiger partial charge is 0.497 e. The Morgan fingerprint density at radius 3 is 2.30 bits per heavy atom. The standard InChI is InChI=1S/C20H30N4O2S/c1-14(2)12-23(13-15(3)4)18(25)10-11-24-19(21-22-20(24)27)16-6-8-17(26-5)9-7-16/h6-9,14-15H,10-13H2,1-5H3,(H,22,27). The Hall–Kier alpha value is -2.15. The van der Waals surface area contributed by atoms with Gasteiger partial charge >= 0.3 is 0 Å². The van der Waals surface area contributed by atoms with Crippen LogP contribution in [0.3, 0.4) is 0 Å². The predicted molar refractivity (Wildman–Crippen MR) is 110 cm³/mol. The van der Waals surface area contributed by atoms with Crippen molar-refractivity contribution in [2.75, 3.05) is 20.2 Å². The number of rotatable bonds is 9. The van der Waals surface area contributed by atoms with E-state index in [1.807, 2.05) is 33.7 Å². The molecule has 148 valence electrons. The minimum atomic E-state index is 0.154. The van der Waals surface area contributed by atoms with Gasteiger partial charge in [-0.25, -0.2) is 0 Å². The third-order valence-electron chi connectivity index (χ3n) is 4.18. The first-order valence-corrected chi connectivity index (χ1v) is 9.80. The van der Waals surface area contributed by atoms with Crippen LogP contribution in [0, 0.1) is 16.6 Å². The third kappa shape index (κ3) is 5.92. The molecule has 0 radical (unpaired) electrons. The second-order valence-corrected chi connectivity index (χ2v) is 7.96. The van der Waals surface area contributed by atoms with Gasteiger partial charge in [0.15, 0.2) is 10.6 Å². The van der Waals surface area contributed by atoms with Gasteiger partial charge in [0.25, 0.3) is 0 Å². The number of nitrogens with zero attached hydrogens (tertiary/aromatic N) is 3. The van der Waals surface area contributed by atoms with E-state index in [4.69, 9.17) is 17.0 Å². The number of hydrogen-bond donors (Lipinski definition) is 1. The van der Waals surface area contributed by atoms with E-state index in [2.05, 4.69) is 37.9 Å². The van der Waals surface area contributed by atoms with Gasteiger partial charge in [0.2, 0.25) is 5.91 Å². The zero-order valence-corrected chi connectivity index (χ0v) is 17.7. The summed E-state index contributed by atoms with van der Waals surface area (Å²) >= 11 is 5.37. The van der Waals surface area contributed by atoms with Crippen LogP contribution in [0.25, 0.3) is 11.4 Å². The summed E-state index contributed by atoms with van der Waals surface area (Å²) in [6.45, 7) is 10.6. The van der Waals surface area contributed by atoms with Crippen molar-refractivity contribution in [2.24, 2.45) is 11.8 Å². The Kier molecular flexibility index (Phi) is 7.59. The first kappa shape index (κ1) is 21.2. The molecule has 0 atom stereocenters. The van der Waals surface area contributed by atoms with Crippen molar-refractivity contribution in [1.29, 1.82) is 0 Å². The molecule has 1 aromatic carbocycles. The van der Waals surface area contributed by atoms with Crippen LogP contribution >= 0.6 is 12.2 Å². The number of ether oxygens (including phenoxy) is 1. The minimum Gasteiger partial charge on any atom is -0.497 e. The molecular formula is C20H30N4O2S. The van der Waals surface area contributed by atoms with E-state index in [0.29, 0.717) is 29.6 Å². The second kappa shape index (κ2) is 9.69. The van der Waals surface area contributed by atoms with E-state index in [0.717, 1.165) is 30.2 Å². The molecule has 0 aliphatic rings. The van der Waals surface area contributed by atoms with Crippen molar-refractivity contribution >= 4 is 18.1 Å². The Bertz CT molecular complexity index is 783. The summed E-state index contributed by atoms with van der Waals surface area (Å²) in [4.78, 5) is 14.7. The number of methoxy groups -OCH3 is 1. The third-order valence-corrected chi connectivity index (χ3v) is 4.49. The maximum Gasteiger partial charge on any atom is 0.224 e. The maximum atomic E-state index is 12.8. The molecular weight excluding hydrogens is 360 g/mol. The van der Waals surface area contributed by atoms with E-state index in [1.165, 1.54) is 0 Å². The number of aromatic nitrogens is 3. The minimum absolute atomic E-state index is 0.154. The van der Waals surface area contributed by atoms with Crippen LogP contribution in [-0.4, -0.2) is 45.8 Å². The van der Waals surface area contributed by atoms with Crippen LogP contribution in [0.1, 0.15) is 34.1 Å². The average Bonchev–Trinajstić information content (AvgIpc) is 2.99. The predicted octanol–water partition coefficient (Wildman–Crippen LogP) is 4.15. The molecule has 0 saturated carbocycles. The van der Waals surface area contributed by atoms with Gasteiger partial charge < -0.3 is 9.64 Å². The number of carbonyl (C=O) groups is 1. The van der Waals surface area contributed by atoms with Crippen LogP contribution < -0.4 is 4.74 Å². The molecule has 1 N–H and O–H groups in total. The zero-order chi connectivity index (χ0) is 20.0. The molecule has 0 spiro atoms. The van der Waals surface area contributed by atoms with E-state index in [1.54, 1.807) is 7.11 Å². The Balaban J connectivity index is 2.13. The lowest BCUT2D eigenvalue weighted by molar-refractivity contribution is -0.132. The normalized spacial score (nSPS) is 11.2. The Labute approximate surface area is 166 Å². The van der Waals surface area contributed by atoms with Crippen molar-refractivity contribution in [1.82, 2.24) is 19.7 Å². The van der Waals surface area contributed by atoms with E-state index < -0.39 is 0 Å². The Morgan fingerprint density at radius 1 is 1.19 bits per heavy atom. The molecule has 1 heterocycles. The fourth-order valence-electron chi connectivity index (χ4n) is 3.01. The van der Waals surface area contributed by atoms with Crippen LogP contribution in [0.5, 0.6) is 5.75 Å². The van der Waals surface area contributed by atoms with Crippen LogP contribution in [0.2, 0.25) is 0 Å². The molecule has 0 bridgehead atoms. The van der Waals surface area contributed by atoms with Crippen molar-refractivity contribution < 1.29 is 9.53 Å². The SMILES string of the molecule is COc1ccc(-c2n[nH]c(=S)n2CCC(=O)N(CC(C)C)CC(C)C)cc1. The summed E-state index contributed by atoms with van der Waals surface area (Å²) in [5.74, 6) is 2.56. The number of carbonyl (C=O) groups excluding carboxylic acids is 1. The molecule has 6 nitrogen and oxygen atoms in total. The summed E-state index contributed by atoms with van der Waals surface area (Å²) < 4.78 is 7.61. The molecule has 0 saturated heterocycles. The van der Waals surface area contributed by atoms with Crippen molar-refractivity contribution in [2.45, 2.75) is 40.7 Å². The van der Waals surface area contributed by atoms with Crippen molar-refractivity contribution in [3.63, 3.8) is 0 Å². The van der Waals surface area contributed by atoms with Gasteiger partial charge in [-0.05, 0) is 48.3 Å². The quantitative estimate of drug-likeness (QED) is 0.654. The first-order chi connectivity index (χ1) is 12.8. The number of benzene rings is 1. The average molecular weight is 391 g/mol. The number of amides is 1. The summed E-state index contributed by atoms with van der Waals surface area (Å²) in [7, 11) is 1.64. The van der Waals surface area contributed by atoms with Crippen LogP contribution in [-0.2, 0) is 11.3 Å². The zero-order valence-electron chi connectivity index (χ0n) is 16.9. The molecule has 0 aliphatic carbocycles. The summed E-state index contributed by atoms with van der Waals surface area (Å²) in [6.07, 6.45) is 0.399. The van der Waals surface area contributed by atoms with Crippen molar-refractivity contribution in [3.8, 4) is 17.1 Å². The molecule has 2 rings (SSSR count). The molecule has 1 aromatic heterocycles. The molecule has 0 unspecified atom stereocenters. The van der Waals surface area contributed by atoms with Gasteiger partial charge in [-0.3, -0.25) is 14.5 Å². The smallest absolute Gasteiger partial charge is 0.224 e. The molecule has 2 aromatic rings. The molecule has 0 aliphatic heterocycles. The van der Waals surface area contributed by atoms with E-state index >= 15 is 0 Å². The molecule has 1 amide bonds. The van der Waals surface area contributed by atoms with Crippen LogP contribution in [0.4, 0.5) is 0 Å². The highest BCUT2D eigenvalue weighted by Crippen LogP contribution is 2.21. The van der Waals surface area contributed by atoms with E-state index in [-0.39, 0.29) is 5.91 Å². The lowest BCUT2D eigenvalue weighted by atomic mass is 10.1. The molecule has 7 heteroatoms. The highest BCUT2D eigenvalue weighted by Gasteiger charge is 2.17. The van der Waals surface area contributed by atoms with Gasteiger partial charge in [-0.2, -0.15) is 5.10 Å². The van der Waals surface area contributed by atoms with Crippen molar-refractivity contribution in [3.05, 3.63) is 29.0 Å². The summed E-state index contributed by atoms with van der Waals surface area (Å²) in [5.41, 5.74) is 0.928. The highest BCUT2D eigenvalue weighted by molar-refractivity contribution is 7.71. The van der Waals surface area contributed by atoms with Gasteiger partial charge in [0.1, 0.15) is 5.75 Å². The topological polar surface area (TPSA) is 63.1 Å². The Morgan fingerprint density at radius 2 is 1.78 bits per heavy atom. The molecule has 0 fully saturated rings. The van der Waals surface area contributed by atoms with Gasteiger partial charge in [0.05, 0.1) is 7.11 Å². The number of nitrogens with one attached hydrogen (secondary N) is 1.